The molecule has 2 unspecified atom stereocenters. The molecule has 0 aliphatic carbocycles. The van der Waals surface area contributed by atoms with Crippen LogP contribution in [-0.4, -0.2) is 32.2 Å². The summed E-state index contributed by atoms with van der Waals surface area (Å²) in [6, 6.07) is 0. The summed E-state index contributed by atoms with van der Waals surface area (Å²) >= 11 is 6.18. The molecule has 0 aliphatic heterocycles. The summed E-state index contributed by atoms with van der Waals surface area (Å²) in [5, 5.41) is 24.6. The topological polar surface area (TPSA) is 58.3 Å². The molecule has 2 N–H and O–H groups in total. The van der Waals surface area contributed by atoms with Gasteiger partial charge in [-0.1, -0.05) is 32.4 Å². The molecule has 0 spiro atoms. The molecule has 5 heteroatoms. The van der Waals surface area contributed by atoms with Gasteiger partial charge in [0.25, 0.3) is 0 Å². The van der Waals surface area contributed by atoms with Crippen molar-refractivity contribution in [2.75, 3.05) is 0 Å². The van der Waals surface area contributed by atoms with Crippen LogP contribution in [0.25, 0.3) is 0 Å². The molecule has 4 nitrogen and oxygen atoms in total. The smallest absolute Gasteiger partial charge is 0.0857 e. The molecule has 1 heterocycles. The van der Waals surface area contributed by atoms with E-state index >= 15 is 0 Å². The van der Waals surface area contributed by atoms with Crippen LogP contribution in [0.2, 0.25) is 5.02 Å². The van der Waals surface area contributed by atoms with Gasteiger partial charge in [-0.3, -0.25) is 4.68 Å². The van der Waals surface area contributed by atoms with Crippen LogP contribution in [0.15, 0.2) is 0 Å². The van der Waals surface area contributed by atoms with E-state index in [0.29, 0.717) is 11.4 Å². The zero-order valence-corrected chi connectivity index (χ0v) is 11.6. The number of aryl methyl sites for hydroxylation is 2. The van der Waals surface area contributed by atoms with E-state index in [1.165, 1.54) is 0 Å². The molecule has 1 rings (SSSR count). The minimum Gasteiger partial charge on any atom is -0.390 e. The maximum atomic E-state index is 9.92. The second kappa shape index (κ2) is 5.85. The Labute approximate surface area is 107 Å². The maximum Gasteiger partial charge on any atom is 0.0857 e. The van der Waals surface area contributed by atoms with Gasteiger partial charge >= 0.3 is 0 Å². The van der Waals surface area contributed by atoms with Gasteiger partial charge in [0.15, 0.2) is 0 Å². The van der Waals surface area contributed by atoms with Crippen molar-refractivity contribution in [1.29, 1.82) is 0 Å². The number of hydrogen-bond acceptors (Lipinski definition) is 3. The molecule has 0 amide bonds. The third-order valence-corrected chi connectivity index (χ3v) is 3.42. The minimum atomic E-state index is -0.812. The van der Waals surface area contributed by atoms with E-state index in [1.807, 2.05) is 20.8 Å². The molecule has 0 radical (unpaired) electrons. The fourth-order valence-corrected chi connectivity index (χ4v) is 2.18. The predicted octanol–water partition coefficient (Wildman–Crippen LogP) is 1.56. The minimum absolute atomic E-state index is 0.0163. The zero-order chi connectivity index (χ0) is 13.2. The SMILES string of the molecule is CCc1nn(C)c(CC(O)C(O)C(C)C)c1Cl. The Bertz CT molecular complexity index is 377. The second-order valence-corrected chi connectivity index (χ2v) is 5.07. The van der Waals surface area contributed by atoms with Gasteiger partial charge in [-0.25, -0.2) is 0 Å². The van der Waals surface area contributed by atoms with Crippen molar-refractivity contribution >= 4 is 11.6 Å². The first kappa shape index (κ1) is 14.5. The van der Waals surface area contributed by atoms with Crippen molar-refractivity contribution in [3.8, 4) is 0 Å². The van der Waals surface area contributed by atoms with Crippen molar-refractivity contribution in [2.24, 2.45) is 13.0 Å². The van der Waals surface area contributed by atoms with Crippen molar-refractivity contribution < 1.29 is 10.2 Å². The Morgan fingerprint density at radius 3 is 2.35 bits per heavy atom. The highest BCUT2D eigenvalue weighted by molar-refractivity contribution is 6.31. The summed E-state index contributed by atoms with van der Waals surface area (Å²) < 4.78 is 1.68. The monoisotopic (exact) mass is 260 g/mol. The van der Waals surface area contributed by atoms with Crippen LogP contribution >= 0.6 is 11.6 Å². The van der Waals surface area contributed by atoms with Gasteiger partial charge in [0, 0.05) is 13.5 Å². The molecule has 0 aromatic carbocycles. The number of aliphatic hydroxyl groups excluding tert-OH is 2. The van der Waals surface area contributed by atoms with E-state index in [1.54, 1.807) is 11.7 Å². The highest BCUT2D eigenvalue weighted by atomic mass is 35.5. The van der Waals surface area contributed by atoms with E-state index < -0.39 is 12.2 Å². The lowest BCUT2D eigenvalue weighted by atomic mass is 9.98. The number of aromatic nitrogens is 2. The van der Waals surface area contributed by atoms with Crippen molar-refractivity contribution in [1.82, 2.24) is 9.78 Å². The van der Waals surface area contributed by atoms with E-state index in [9.17, 15) is 10.2 Å². The Kier molecular flexibility index (Phi) is 4.98. The molecule has 0 saturated heterocycles. The fraction of sp³-hybridized carbons (Fsp3) is 0.750. The van der Waals surface area contributed by atoms with Gasteiger partial charge in [-0.15, -0.1) is 0 Å². The van der Waals surface area contributed by atoms with Crippen LogP contribution < -0.4 is 0 Å². The molecule has 0 saturated carbocycles. The lowest BCUT2D eigenvalue weighted by Gasteiger charge is -2.21. The summed E-state index contributed by atoms with van der Waals surface area (Å²) in [5.74, 6) is 0.0163. The normalized spacial score (nSPS) is 15.3. The van der Waals surface area contributed by atoms with Gasteiger partial charge in [0.2, 0.25) is 0 Å². The summed E-state index contributed by atoms with van der Waals surface area (Å²) in [6.45, 7) is 5.73. The Morgan fingerprint density at radius 1 is 1.35 bits per heavy atom. The number of rotatable bonds is 5. The van der Waals surface area contributed by atoms with Gasteiger partial charge in [0.1, 0.15) is 0 Å². The van der Waals surface area contributed by atoms with Crippen molar-refractivity contribution in [3.05, 3.63) is 16.4 Å². The molecule has 17 heavy (non-hydrogen) atoms. The molecule has 1 aromatic rings. The van der Waals surface area contributed by atoms with Gasteiger partial charge in [0.05, 0.1) is 28.6 Å². The van der Waals surface area contributed by atoms with Gasteiger partial charge in [-0.05, 0) is 12.3 Å². The number of halogens is 1. The van der Waals surface area contributed by atoms with Crippen molar-refractivity contribution in [2.45, 2.75) is 45.8 Å². The Hall–Kier alpha value is -0.580. The van der Waals surface area contributed by atoms with E-state index in [-0.39, 0.29) is 5.92 Å². The molecule has 0 fully saturated rings. The Morgan fingerprint density at radius 2 is 1.94 bits per heavy atom. The van der Waals surface area contributed by atoms with E-state index in [4.69, 9.17) is 11.6 Å². The van der Waals surface area contributed by atoms with Crippen LogP contribution in [-0.2, 0) is 19.9 Å². The molecule has 98 valence electrons. The van der Waals surface area contributed by atoms with Crippen LogP contribution in [0.4, 0.5) is 0 Å². The van der Waals surface area contributed by atoms with Crippen LogP contribution in [0, 0.1) is 5.92 Å². The second-order valence-electron chi connectivity index (χ2n) is 4.69. The highest BCUT2D eigenvalue weighted by Gasteiger charge is 2.23. The van der Waals surface area contributed by atoms with E-state index in [0.717, 1.165) is 17.8 Å². The van der Waals surface area contributed by atoms with Crippen LogP contribution in [0.5, 0.6) is 0 Å². The Balaban J connectivity index is 2.84. The molecule has 2 atom stereocenters. The predicted molar refractivity (Wildman–Crippen MR) is 68.2 cm³/mol. The van der Waals surface area contributed by atoms with Crippen molar-refractivity contribution in [3.63, 3.8) is 0 Å². The molecule has 0 aliphatic rings. The largest absolute Gasteiger partial charge is 0.390 e. The first-order valence-corrected chi connectivity index (χ1v) is 6.32. The number of aliphatic hydroxyl groups is 2. The van der Waals surface area contributed by atoms with E-state index in [2.05, 4.69) is 5.10 Å². The van der Waals surface area contributed by atoms with Gasteiger partial charge < -0.3 is 10.2 Å². The first-order chi connectivity index (χ1) is 7.88. The average Bonchev–Trinajstić information content (AvgIpc) is 2.55. The quantitative estimate of drug-likeness (QED) is 0.845. The highest BCUT2D eigenvalue weighted by Crippen LogP contribution is 2.23. The summed E-state index contributed by atoms with van der Waals surface area (Å²) in [6.07, 6.45) is -0.476. The maximum absolute atomic E-state index is 9.92. The number of hydrogen-bond donors (Lipinski definition) is 2. The molecule has 1 aromatic heterocycles. The van der Waals surface area contributed by atoms with Crippen LogP contribution in [0.1, 0.15) is 32.2 Å². The fourth-order valence-electron chi connectivity index (χ4n) is 1.80. The first-order valence-electron chi connectivity index (χ1n) is 5.94. The summed E-state index contributed by atoms with van der Waals surface area (Å²) in [4.78, 5) is 0. The molecular weight excluding hydrogens is 240 g/mol. The van der Waals surface area contributed by atoms with Crippen LogP contribution in [0.3, 0.4) is 0 Å². The average molecular weight is 261 g/mol. The lowest BCUT2D eigenvalue weighted by molar-refractivity contribution is -0.00816. The zero-order valence-electron chi connectivity index (χ0n) is 10.8. The summed E-state index contributed by atoms with van der Waals surface area (Å²) in [7, 11) is 1.80. The lowest BCUT2D eigenvalue weighted by Crippen LogP contribution is -2.33. The molecular formula is C12H21ClN2O2. The standard InChI is InChI=1S/C12H21ClN2O2/c1-5-8-11(13)9(15(4)14-8)6-10(16)12(17)7(2)3/h7,10,12,16-17H,5-6H2,1-4H3. The van der Waals surface area contributed by atoms with Gasteiger partial charge in [-0.2, -0.15) is 5.10 Å². The summed E-state index contributed by atoms with van der Waals surface area (Å²) in [5.41, 5.74) is 1.60. The molecule has 0 bridgehead atoms. The third kappa shape index (κ3) is 3.21. The number of nitrogens with zero attached hydrogens (tertiary/aromatic N) is 2. The third-order valence-electron chi connectivity index (χ3n) is 2.98.